The molecule has 4 aromatic carbocycles. The fourth-order valence-electron chi connectivity index (χ4n) is 4.75. The molecule has 186 valence electrons. The number of rotatable bonds is 8. The molecular weight excluding hydrogens is 468 g/mol. The van der Waals surface area contributed by atoms with Crippen LogP contribution in [-0.2, 0) is 6.42 Å². The molecule has 0 unspecified atom stereocenters. The molecule has 5 heteroatoms. The first-order chi connectivity index (χ1) is 18.7. The van der Waals surface area contributed by atoms with E-state index in [0.717, 1.165) is 51.0 Å². The highest BCUT2D eigenvalue weighted by molar-refractivity contribution is 5.97. The first-order valence-corrected chi connectivity index (χ1v) is 12.8. The lowest BCUT2D eigenvalue weighted by molar-refractivity contribution is 0.287. The molecule has 0 bridgehead atoms. The Kier molecular flexibility index (Phi) is 6.66. The van der Waals surface area contributed by atoms with Crippen LogP contribution in [0, 0.1) is 0 Å². The highest BCUT2D eigenvalue weighted by atomic mass is 16.5. The SMILES string of the molecule is N[C@H](COc1cnc(-c2ccccc2)c(-c2ccc3[nH]nc(-c4ccccc4)c3c2)c1)Cc1ccccc1. The molecule has 2 aromatic heterocycles. The quantitative estimate of drug-likeness (QED) is 0.240. The highest BCUT2D eigenvalue weighted by Gasteiger charge is 2.15. The van der Waals surface area contributed by atoms with Crippen LogP contribution in [0.4, 0.5) is 0 Å². The van der Waals surface area contributed by atoms with E-state index in [1.807, 2.05) is 54.6 Å². The van der Waals surface area contributed by atoms with Crippen molar-refractivity contribution in [3.63, 3.8) is 0 Å². The minimum Gasteiger partial charge on any atom is -0.490 e. The molecular formula is C33H28N4O. The van der Waals surface area contributed by atoms with Crippen LogP contribution in [0.15, 0.2) is 121 Å². The number of aromatic nitrogens is 3. The van der Waals surface area contributed by atoms with Crippen LogP contribution in [0.25, 0.3) is 44.5 Å². The minimum absolute atomic E-state index is 0.120. The van der Waals surface area contributed by atoms with Crippen LogP contribution in [0.2, 0.25) is 0 Å². The maximum atomic E-state index is 6.39. The number of fused-ring (bicyclic) bond motifs is 1. The Morgan fingerprint density at radius 2 is 1.37 bits per heavy atom. The van der Waals surface area contributed by atoms with E-state index >= 15 is 0 Å². The number of nitrogens with zero attached hydrogens (tertiary/aromatic N) is 2. The third kappa shape index (κ3) is 5.05. The van der Waals surface area contributed by atoms with E-state index in [9.17, 15) is 0 Å². The van der Waals surface area contributed by atoms with E-state index < -0.39 is 0 Å². The summed E-state index contributed by atoms with van der Waals surface area (Å²) in [6, 6.07) is 39.0. The van der Waals surface area contributed by atoms with Crippen molar-refractivity contribution in [3.8, 4) is 39.4 Å². The second-order valence-electron chi connectivity index (χ2n) is 9.39. The largest absolute Gasteiger partial charge is 0.490 e. The predicted molar refractivity (Wildman–Crippen MR) is 154 cm³/mol. The van der Waals surface area contributed by atoms with Crippen LogP contribution in [0.5, 0.6) is 5.75 Å². The third-order valence-corrected chi connectivity index (χ3v) is 6.64. The van der Waals surface area contributed by atoms with E-state index in [0.29, 0.717) is 12.4 Å². The molecule has 0 aliphatic carbocycles. The number of aromatic amines is 1. The molecule has 0 saturated heterocycles. The molecule has 0 saturated carbocycles. The smallest absolute Gasteiger partial charge is 0.138 e. The van der Waals surface area contributed by atoms with Crippen molar-refractivity contribution in [1.82, 2.24) is 15.2 Å². The Balaban J connectivity index is 1.35. The van der Waals surface area contributed by atoms with Gasteiger partial charge in [-0.15, -0.1) is 0 Å². The fraction of sp³-hybridized carbons (Fsp3) is 0.0909. The van der Waals surface area contributed by atoms with Gasteiger partial charge in [0.2, 0.25) is 0 Å². The Morgan fingerprint density at radius 3 is 2.08 bits per heavy atom. The number of nitrogens with one attached hydrogen (secondary N) is 1. The van der Waals surface area contributed by atoms with Crippen molar-refractivity contribution in [2.24, 2.45) is 5.73 Å². The van der Waals surface area contributed by atoms with Crippen LogP contribution in [-0.4, -0.2) is 27.8 Å². The lowest BCUT2D eigenvalue weighted by Crippen LogP contribution is -2.30. The van der Waals surface area contributed by atoms with Crippen LogP contribution in [0.3, 0.4) is 0 Å². The number of hydrogen-bond donors (Lipinski definition) is 2. The van der Waals surface area contributed by atoms with Crippen LogP contribution >= 0.6 is 0 Å². The molecule has 6 rings (SSSR count). The van der Waals surface area contributed by atoms with Gasteiger partial charge in [-0.05, 0) is 35.7 Å². The second-order valence-corrected chi connectivity index (χ2v) is 9.39. The molecule has 0 aliphatic rings. The third-order valence-electron chi connectivity index (χ3n) is 6.64. The normalized spacial score (nSPS) is 11.9. The summed E-state index contributed by atoms with van der Waals surface area (Å²) >= 11 is 0. The zero-order valence-corrected chi connectivity index (χ0v) is 20.9. The Hall–Kier alpha value is -4.74. The summed E-state index contributed by atoms with van der Waals surface area (Å²) in [5, 5.41) is 8.83. The number of ether oxygens (including phenoxy) is 1. The standard InChI is InChI=1S/C33H28N4O/c34-27(18-23-10-4-1-5-11-23)22-38-28-20-29(32(35-21-28)24-12-6-2-7-13-24)26-16-17-31-30(19-26)33(37-36-31)25-14-8-3-9-15-25/h1-17,19-21,27H,18,22,34H2,(H,36,37)/t27-/m0/s1. The zero-order chi connectivity index (χ0) is 25.7. The summed E-state index contributed by atoms with van der Waals surface area (Å²) in [7, 11) is 0. The summed E-state index contributed by atoms with van der Waals surface area (Å²) in [6.07, 6.45) is 2.54. The molecule has 0 radical (unpaired) electrons. The van der Waals surface area contributed by atoms with Gasteiger partial charge in [-0.2, -0.15) is 5.10 Å². The van der Waals surface area contributed by atoms with Gasteiger partial charge in [0.15, 0.2) is 0 Å². The average molecular weight is 497 g/mol. The van der Waals surface area contributed by atoms with Crippen molar-refractivity contribution >= 4 is 10.9 Å². The number of benzene rings is 4. The topological polar surface area (TPSA) is 76.8 Å². The summed E-state index contributed by atoms with van der Waals surface area (Å²) < 4.78 is 6.15. The summed E-state index contributed by atoms with van der Waals surface area (Å²) in [4.78, 5) is 4.85. The molecule has 0 spiro atoms. The molecule has 0 fully saturated rings. The summed E-state index contributed by atoms with van der Waals surface area (Å²) in [5.74, 6) is 0.693. The second kappa shape index (κ2) is 10.7. The van der Waals surface area contributed by atoms with Gasteiger partial charge in [-0.1, -0.05) is 97.1 Å². The van der Waals surface area contributed by atoms with Gasteiger partial charge >= 0.3 is 0 Å². The lowest BCUT2D eigenvalue weighted by atomic mass is 9.97. The van der Waals surface area contributed by atoms with E-state index in [2.05, 4.69) is 70.9 Å². The van der Waals surface area contributed by atoms with Crippen molar-refractivity contribution in [2.75, 3.05) is 6.61 Å². The molecule has 0 amide bonds. The predicted octanol–water partition coefficient (Wildman–Crippen LogP) is 6.91. The first kappa shape index (κ1) is 23.6. The van der Waals surface area contributed by atoms with Crippen molar-refractivity contribution in [1.29, 1.82) is 0 Å². The maximum Gasteiger partial charge on any atom is 0.138 e. The summed E-state index contributed by atoms with van der Waals surface area (Å²) in [6.45, 7) is 0.402. The van der Waals surface area contributed by atoms with Gasteiger partial charge in [0.05, 0.1) is 23.1 Å². The van der Waals surface area contributed by atoms with E-state index in [-0.39, 0.29) is 6.04 Å². The Morgan fingerprint density at radius 1 is 0.711 bits per heavy atom. The molecule has 6 aromatic rings. The molecule has 38 heavy (non-hydrogen) atoms. The van der Waals surface area contributed by atoms with Gasteiger partial charge in [0, 0.05) is 28.1 Å². The van der Waals surface area contributed by atoms with Gasteiger partial charge in [0.25, 0.3) is 0 Å². The van der Waals surface area contributed by atoms with Gasteiger partial charge in [-0.25, -0.2) is 0 Å². The number of nitrogens with two attached hydrogens (primary N) is 1. The monoisotopic (exact) mass is 496 g/mol. The van der Waals surface area contributed by atoms with Crippen molar-refractivity contribution in [3.05, 3.63) is 127 Å². The summed E-state index contributed by atoms with van der Waals surface area (Å²) in [5.41, 5.74) is 14.6. The maximum absolute atomic E-state index is 6.39. The first-order valence-electron chi connectivity index (χ1n) is 12.8. The average Bonchev–Trinajstić information content (AvgIpc) is 3.41. The number of H-pyrrole nitrogens is 1. The van der Waals surface area contributed by atoms with Crippen molar-refractivity contribution < 1.29 is 4.74 Å². The molecule has 2 heterocycles. The highest BCUT2D eigenvalue weighted by Crippen LogP contribution is 2.36. The zero-order valence-electron chi connectivity index (χ0n) is 20.9. The fourth-order valence-corrected chi connectivity index (χ4v) is 4.75. The van der Waals surface area contributed by atoms with Gasteiger partial charge < -0.3 is 10.5 Å². The number of pyridine rings is 1. The molecule has 1 atom stereocenters. The van der Waals surface area contributed by atoms with Crippen LogP contribution < -0.4 is 10.5 Å². The van der Waals surface area contributed by atoms with Gasteiger partial charge in [0.1, 0.15) is 12.4 Å². The van der Waals surface area contributed by atoms with E-state index in [1.165, 1.54) is 5.56 Å². The Labute approximate surface area is 222 Å². The van der Waals surface area contributed by atoms with Crippen molar-refractivity contribution in [2.45, 2.75) is 12.5 Å². The molecule has 0 aliphatic heterocycles. The molecule has 5 nitrogen and oxygen atoms in total. The van der Waals surface area contributed by atoms with E-state index in [4.69, 9.17) is 15.5 Å². The lowest BCUT2D eigenvalue weighted by Gasteiger charge is -2.16. The number of hydrogen-bond acceptors (Lipinski definition) is 4. The van der Waals surface area contributed by atoms with E-state index in [1.54, 1.807) is 6.20 Å². The molecule has 3 N–H and O–H groups in total. The minimum atomic E-state index is -0.120. The van der Waals surface area contributed by atoms with Crippen LogP contribution in [0.1, 0.15) is 5.56 Å². The van der Waals surface area contributed by atoms with Gasteiger partial charge in [-0.3, -0.25) is 10.1 Å². The Bertz CT molecular complexity index is 1650.